The smallest absolute Gasteiger partial charge is 0.232 e. The van der Waals surface area contributed by atoms with Crippen LogP contribution in [0.2, 0.25) is 0 Å². The van der Waals surface area contributed by atoms with E-state index in [9.17, 15) is 0 Å². The second kappa shape index (κ2) is 4.75. The van der Waals surface area contributed by atoms with Crippen molar-refractivity contribution in [2.24, 2.45) is 0 Å². The Labute approximate surface area is 101 Å². The van der Waals surface area contributed by atoms with Crippen molar-refractivity contribution in [2.75, 3.05) is 24.6 Å². The van der Waals surface area contributed by atoms with Gasteiger partial charge in [-0.1, -0.05) is 25.9 Å². The lowest BCUT2D eigenvalue weighted by Gasteiger charge is -2.24. The summed E-state index contributed by atoms with van der Waals surface area (Å²) < 4.78 is 5.28. The molecule has 1 aromatic heterocycles. The molecule has 0 aromatic carbocycles. The van der Waals surface area contributed by atoms with Crippen LogP contribution in [0.1, 0.15) is 32.5 Å². The predicted molar refractivity (Wildman–Crippen MR) is 65.6 cm³/mol. The molecule has 2 rings (SSSR count). The largest absolute Gasteiger partial charge is 0.339 e. The van der Waals surface area contributed by atoms with Gasteiger partial charge in [-0.25, -0.2) is 0 Å². The second-order valence-corrected chi connectivity index (χ2v) is 6.38. The molecule has 1 fully saturated rings. The summed E-state index contributed by atoms with van der Waals surface area (Å²) in [5.41, 5.74) is -0.0526. The minimum Gasteiger partial charge on any atom is -0.339 e. The minimum atomic E-state index is -0.0526. The molecular weight excluding hydrogens is 222 g/mol. The Morgan fingerprint density at radius 3 is 2.56 bits per heavy atom. The molecule has 0 amide bonds. The van der Waals surface area contributed by atoms with Gasteiger partial charge in [0, 0.05) is 30.0 Å². The molecule has 4 nitrogen and oxygen atoms in total. The standard InChI is InChI=1S/C11H19N3OS/c1-11(2,3)10-12-9(13-15-10)8-14-4-6-16-7-5-14/h4-8H2,1-3H3. The number of thioether (sulfide) groups is 1. The highest BCUT2D eigenvalue weighted by Gasteiger charge is 2.22. The van der Waals surface area contributed by atoms with Gasteiger partial charge in [-0.3, -0.25) is 4.90 Å². The van der Waals surface area contributed by atoms with Gasteiger partial charge in [-0.05, 0) is 0 Å². The van der Waals surface area contributed by atoms with Gasteiger partial charge in [0.15, 0.2) is 5.82 Å². The van der Waals surface area contributed by atoms with E-state index in [1.807, 2.05) is 11.8 Å². The fraction of sp³-hybridized carbons (Fsp3) is 0.818. The lowest BCUT2D eigenvalue weighted by molar-refractivity contribution is 0.276. The number of rotatable bonds is 2. The summed E-state index contributed by atoms with van der Waals surface area (Å²) in [5.74, 6) is 3.97. The van der Waals surface area contributed by atoms with Crippen molar-refractivity contribution < 1.29 is 4.52 Å². The molecule has 1 aliphatic heterocycles. The number of hydrogen-bond donors (Lipinski definition) is 0. The van der Waals surface area contributed by atoms with Gasteiger partial charge in [-0.15, -0.1) is 0 Å². The van der Waals surface area contributed by atoms with Gasteiger partial charge in [0.05, 0.1) is 6.54 Å². The molecule has 1 aromatic rings. The zero-order chi connectivity index (χ0) is 11.6. The van der Waals surface area contributed by atoms with Crippen molar-refractivity contribution in [1.82, 2.24) is 15.0 Å². The van der Waals surface area contributed by atoms with Crippen LogP contribution in [-0.2, 0) is 12.0 Å². The maximum absolute atomic E-state index is 5.28. The van der Waals surface area contributed by atoms with E-state index in [0.717, 1.165) is 31.3 Å². The van der Waals surface area contributed by atoms with Gasteiger partial charge in [0.2, 0.25) is 5.89 Å². The van der Waals surface area contributed by atoms with E-state index in [1.54, 1.807) is 0 Å². The van der Waals surface area contributed by atoms with Crippen LogP contribution in [0.25, 0.3) is 0 Å². The Kier molecular flexibility index (Phi) is 3.54. The average molecular weight is 241 g/mol. The molecule has 16 heavy (non-hydrogen) atoms. The molecule has 90 valence electrons. The number of hydrogen-bond acceptors (Lipinski definition) is 5. The van der Waals surface area contributed by atoms with Crippen LogP contribution in [0.4, 0.5) is 0 Å². The lowest BCUT2D eigenvalue weighted by Crippen LogP contribution is -2.32. The van der Waals surface area contributed by atoms with Gasteiger partial charge in [0.25, 0.3) is 0 Å². The zero-order valence-electron chi connectivity index (χ0n) is 10.2. The third-order valence-corrected chi connectivity index (χ3v) is 3.52. The molecule has 0 N–H and O–H groups in total. The predicted octanol–water partition coefficient (Wildman–Crippen LogP) is 1.92. The molecule has 0 bridgehead atoms. The number of aromatic nitrogens is 2. The van der Waals surface area contributed by atoms with Gasteiger partial charge in [0.1, 0.15) is 0 Å². The molecule has 0 saturated carbocycles. The summed E-state index contributed by atoms with van der Waals surface area (Å²) in [6, 6.07) is 0. The maximum Gasteiger partial charge on any atom is 0.232 e. The minimum absolute atomic E-state index is 0.0526. The Hall–Kier alpha value is -0.550. The highest BCUT2D eigenvalue weighted by molar-refractivity contribution is 7.99. The van der Waals surface area contributed by atoms with Crippen LogP contribution >= 0.6 is 11.8 Å². The van der Waals surface area contributed by atoms with Crippen LogP contribution in [0, 0.1) is 0 Å². The first-order chi connectivity index (χ1) is 7.55. The van der Waals surface area contributed by atoms with E-state index in [-0.39, 0.29) is 5.41 Å². The highest BCUT2D eigenvalue weighted by Crippen LogP contribution is 2.20. The molecule has 0 radical (unpaired) electrons. The first-order valence-corrected chi connectivity index (χ1v) is 6.84. The topological polar surface area (TPSA) is 42.2 Å². The average Bonchev–Trinajstić information content (AvgIpc) is 2.67. The van der Waals surface area contributed by atoms with Crippen LogP contribution in [0.15, 0.2) is 4.52 Å². The van der Waals surface area contributed by atoms with Crippen molar-refractivity contribution in [3.05, 3.63) is 11.7 Å². The van der Waals surface area contributed by atoms with E-state index >= 15 is 0 Å². The van der Waals surface area contributed by atoms with E-state index in [0.29, 0.717) is 0 Å². The Morgan fingerprint density at radius 1 is 1.31 bits per heavy atom. The summed E-state index contributed by atoms with van der Waals surface area (Å²) in [7, 11) is 0. The Morgan fingerprint density at radius 2 is 2.00 bits per heavy atom. The zero-order valence-corrected chi connectivity index (χ0v) is 11.0. The van der Waals surface area contributed by atoms with Crippen molar-refractivity contribution in [1.29, 1.82) is 0 Å². The fourth-order valence-corrected chi connectivity index (χ4v) is 2.56. The maximum atomic E-state index is 5.28. The first kappa shape index (κ1) is 11.9. The van der Waals surface area contributed by atoms with E-state index in [1.165, 1.54) is 11.5 Å². The van der Waals surface area contributed by atoms with Gasteiger partial charge < -0.3 is 4.52 Å². The molecule has 0 spiro atoms. The van der Waals surface area contributed by atoms with Gasteiger partial charge in [-0.2, -0.15) is 16.7 Å². The summed E-state index contributed by atoms with van der Waals surface area (Å²) in [6.07, 6.45) is 0. The van der Waals surface area contributed by atoms with Crippen LogP contribution in [0.3, 0.4) is 0 Å². The quantitative estimate of drug-likeness (QED) is 0.791. The van der Waals surface area contributed by atoms with E-state index in [4.69, 9.17) is 4.52 Å². The molecule has 0 aliphatic carbocycles. The second-order valence-electron chi connectivity index (χ2n) is 5.15. The summed E-state index contributed by atoms with van der Waals surface area (Å²) in [4.78, 5) is 6.83. The van der Waals surface area contributed by atoms with Crippen molar-refractivity contribution >= 4 is 11.8 Å². The number of nitrogens with zero attached hydrogens (tertiary/aromatic N) is 3. The monoisotopic (exact) mass is 241 g/mol. The van der Waals surface area contributed by atoms with Crippen molar-refractivity contribution in [3.63, 3.8) is 0 Å². The summed E-state index contributed by atoms with van der Waals surface area (Å²) >= 11 is 2.01. The molecular formula is C11H19N3OS. The first-order valence-electron chi connectivity index (χ1n) is 5.69. The van der Waals surface area contributed by atoms with Crippen molar-refractivity contribution in [2.45, 2.75) is 32.7 Å². The third-order valence-electron chi connectivity index (χ3n) is 2.58. The molecule has 0 atom stereocenters. The Bertz CT molecular complexity index is 339. The molecule has 1 saturated heterocycles. The molecule has 5 heteroatoms. The molecule has 1 aliphatic rings. The van der Waals surface area contributed by atoms with Crippen molar-refractivity contribution in [3.8, 4) is 0 Å². The van der Waals surface area contributed by atoms with E-state index < -0.39 is 0 Å². The fourth-order valence-electron chi connectivity index (χ4n) is 1.58. The van der Waals surface area contributed by atoms with Crippen LogP contribution in [-0.4, -0.2) is 39.6 Å². The van der Waals surface area contributed by atoms with Crippen LogP contribution < -0.4 is 0 Å². The summed E-state index contributed by atoms with van der Waals surface area (Å²) in [6.45, 7) is 9.33. The van der Waals surface area contributed by atoms with E-state index in [2.05, 4.69) is 35.8 Å². The van der Waals surface area contributed by atoms with Crippen LogP contribution in [0.5, 0.6) is 0 Å². The summed E-state index contributed by atoms with van der Waals surface area (Å²) in [5, 5.41) is 4.04. The highest BCUT2D eigenvalue weighted by atomic mass is 32.2. The third kappa shape index (κ3) is 2.98. The Balaban J connectivity index is 1.97. The SMILES string of the molecule is CC(C)(C)c1nc(CN2CCSCC2)no1. The van der Waals surface area contributed by atoms with Gasteiger partial charge >= 0.3 is 0 Å². The molecule has 0 unspecified atom stereocenters. The normalized spacial score (nSPS) is 18.9. The lowest BCUT2D eigenvalue weighted by atomic mass is 9.97. The molecule has 2 heterocycles.